The third-order valence-corrected chi connectivity index (χ3v) is 3.12. The molecular formula is C15H19F2N3O. The predicted octanol–water partition coefficient (Wildman–Crippen LogP) is 3.32. The maximum atomic E-state index is 13.6. The van der Waals surface area contributed by atoms with Crippen LogP contribution in [-0.2, 0) is 19.5 Å². The summed E-state index contributed by atoms with van der Waals surface area (Å²) >= 11 is 0. The van der Waals surface area contributed by atoms with Crippen molar-refractivity contribution >= 4 is 0 Å². The number of hydrogen-bond acceptors (Lipinski definition) is 4. The summed E-state index contributed by atoms with van der Waals surface area (Å²) in [5.74, 6) is 0.0896. The molecule has 0 fully saturated rings. The Bertz CT molecular complexity index is 586. The molecule has 0 saturated heterocycles. The van der Waals surface area contributed by atoms with E-state index in [4.69, 9.17) is 4.52 Å². The highest BCUT2D eigenvalue weighted by Gasteiger charge is 2.11. The van der Waals surface area contributed by atoms with Crippen molar-refractivity contribution in [3.63, 3.8) is 0 Å². The molecule has 1 aromatic carbocycles. The summed E-state index contributed by atoms with van der Waals surface area (Å²) in [6, 6.07) is 3.59. The van der Waals surface area contributed by atoms with E-state index in [2.05, 4.69) is 17.1 Å². The van der Waals surface area contributed by atoms with E-state index in [1.54, 1.807) is 0 Å². The molecule has 114 valence electrons. The van der Waals surface area contributed by atoms with Crippen LogP contribution in [0.5, 0.6) is 0 Å². The standard InChI is InChI=1S/C15H19F2N3O/c1-3-4-5-14-18-15(21-19-14)10-20(2)9-11-6-7-12(16)8-13(11)17/h6-8H,3-5,9-10H2,1-2H3. The van der Waals surface area contributed by atoms with Crippen LogP contribution in [0, 0.1) is 11.6 Å². The Labute approximate surface area is 122 Å². The molecule has 0 saturated carbocycles. The first kappa shape index (κ1) is 15.6. The first-order chi connectivity index (χ1) is 10.1. The molecule has 0 aliphatic heterocycles. The molecule has 2 rings (SSSR count). The van der Waals surface area contributed by atoms with Crippen LogP contribution >= 0.6 is 0 Å². The Morgan fingerprint density at radius 1 is 1.24 bits per heavy atom. The molecule has 6 heteroatoms. The number of aryl methyl sites for hydroxylation is 1. The zero-order valence-corrected chi connectivity index (χ0v) is 12.3. The first-order valence-electron chi connectivity index (χ1n) is 7.02. The van der Waals surface area contributed by atoms with Gasteiger partial charge in [-0.1, -0.05) is 24.6 Å². The van der Waals surface area contributed by atoms with E-state index in [-0.39, 0.29) is 0 Å². The Kier molecular flexibility index (Phi) is 5.38. The van der Waals surface area contributed by atoms with Crippen LogP contribution in [0.25, 0.3) is 0 Å². The van der Waals surface area contributed by atoms with Gasteiger partial charge in [-0.15, -0.1) is 0 Å². The molecule has 0 unspecified atom stereocenters. The third kappa shape index (κ3) is 4.60. The Hall–Kier alpha value is -1.82. The van der Waals surface area contributed by atoms with Crippen molar-refractivity contribution in [2.45, 2.75) is 39.3 Å². The number of halogens is 2. The number of nitrogens with zero attached hydrogens (tertiary/aromatic N) is 3. The molecule has 0 amide bonds. The van der Waals surface area contributed by atoms with E-state index in [1.807, 2.05) is 11.9 Å². The number of aromatic nitrogens is 2. The summed E-state index contributed by atoms with van der Waals surface area (Å²) in [4.78, 5) is 6.13. The van der Waals surface area contributed by atoms with Crippen molar-refractivity contribution in [3.05, 3.63) is 47.1 Å². The molecule has 2 aromatic rings. The van der Waals surface area contributed by atoms with Gasteiger partial charge in [-0.05, 0) is 19.5 Å². The van der Waals surface area contributed by atoms with Gasteiger partial charge in [0.15, 0.2) is 5.82 Å². The Balaban J connectivity index is 1.91. The average Bonchev–Trinajstić information content (AvgIpc) is 2.87. The minimum Gasteiger partial charge on any atom is -0.338 e. The van der Waals surface area contributed by atoms with Crippen LogP contribution in [0.3, 0.4) is 0 Å². The highest BCUT2D eigenvalue weighted by atomic mass is 19.1. The number of unbranched alkanes of at least 4 members (excludes halogenated alkanes) is 1. The van der Waals surface area contributed by atoms with Crippen molar-refractivity contribution in [1.29, 1.82) is 0 Å². The van der Waals surface area contributed by atoms with Crippen molar-refractivity contribution in [2.75, 3.05) is 7.05 Å². The van der Waals surface area contributed by atoms with E-state index < -0.39 is 11.6 Å². The normalized spacial score (nSPS) is 11.3. The molecule has 21 heavy (non-hydrogen) atoms. The van der Waals surface area contributed by atoms with Crippen molar-refractivity contribution in [3.8, 4) is 0 Å². The number of benzene rings is 1. The molecule has 0 bridgehead atoms. The van der Waals surface area contributed by atoms with E-state index in [0.717, 1.165) is 25.3 Å². The van der Waals surface area contributed by atoms with Gasteiger partial charge in [-0.3, -0.25) is 4.90 Å². The summed E-state index contributed by atoms with van der Waals surface area (Å²) < 4.78 is 31.6. The highest BCUT2D eigenvalue weighted by molar-refractivity contribution is 5.18. The molecule has 0 atom stereocenters. The summed E-state index contributed by atoms with van der Waals surface area (Å²) in [5, 5.41) is 3.91. The lowest BCUT2D eigenvalue weighted by molar-refractivity contribution is 0.257. The van der Waals surface area contributed by atoms with Gasteiger partial charge in [0.25, 0.3) is 0 Å². The van der Waals surface area contributed by atoms with E-state index in [9.17, 15) is 8.78 Å². The van der Waals surface area contributed by atoms with Gasteiger partial charge in [-0.2, -0.15) is 4.98 Å². The summed E-state index contributed by atoms with van der Waals surface area (Å²) in [6.07, 6.45) is 2.90. The predicted molar refractivity (Wildman–Crippen MR) is 74.4 cm³/mol. The molecule has 0 aliphatic rings. The van der Waals surface area contributed by atoms with E-state index >= 15 is 0 Å². The van der Waals surface area contributed by atoms with Gasteiger partial charge >= 0.3 is 0 Å². The summed E-state index contributed by atoms with van der Waals surface area (Å²) in [6.45, 7) is 2.88. The molecule has 1 aromatic heterocycles. The van der Waals surface area contributed by atoms with Crippen LogP contribution < -0.4 is 0 Å². The van der Waals surface area contributed by atoms with Gasteiger partial charge in [0, 0.05) is 24.6 Å². The largest absolute Gasteiger partial charge is 0.338 e. The fraction of sp³-hybridized carbons (Fsp3) is 0.467. The highest BCUT2D eigenvalue weighted by Crippen LogP contribution is 2.13. The average molecular weight is 295 g/mol. The van der Waals surface area contributed by atoms with Gasteiger partial charge in [-0.25, -0.2) is 8.78 Å². The van der Waals surface area contributed by atoms with Crippen LogP contribution in [0.1, 0.15) is 37.0 Å². The second-order valence-electron chi connectivity index (χ2n) is 5.12. The maximum absolute atomic E-state index is 13.6. The topological polar surface area (TPSA) is 42.2 Å². The van der Waals surface area contributed by atoms with Crippen LogP contribution in [0.4, 0.5) is 8.78 Å². The zero-order valence-electron chi connectivity index (χ0n) is 12.3. The quantitative estimate of drug-likeness (QED) is 0.786. The molecule has 0 spiro atoms. The lowest BCUT2D eigenvalue weighted by Crippen LogP contribution is -2.18. The van der Waals surface area contributed by atoms with Crippen LogP contribution in [-0.4, -0.2) is 22.1 Å². The molecule has 0 radical (unpaired) electrons. The van der Waals surface area contributed by atoms with Gasteiger partial charge in [0.1, 0.15) is 11.6 Å². The van der Waals surface area contributed by atoms with E-state index in [1.165, 1.54) is 12.1 Å². The number of rotatable bonds is 7. The Morgan fingerprint density at radius 2 is 2.05 bits per heavy atom. The summed E-state index contributed by atoms with van der Waals surface area (Å²) in [5.41, 5.74) is 0.435. The smallest absolute Gasteiger partial charge is 0.240 e. The molecule has 4 nitrogen and oxygen atoms in total. The molecule has 0 aliphatic carbocycles. The first-order valence-corrected chi connectivity index (χ1v) is 7.02. The van der Waals surface area contributed by atoms with E-state index in [0.29, 0.717) is 30.4 Å². The number of hydrogen-bond donors (Lipinski definition) is 0. The monoisotopic (exact) mass is 295 g/mol. The van der Waals surface area contributed by atoms with Gasteiger partial charge in [0.2, 0.25) is 5.89 Å². The molecular weight excluding hydrogens is 276 g/mol. The van der Waals surface area contributed by atoms with Crippen molar-refractivity contribution in [2.24, 2.45) is 0 Å². The fourth-order valence-electron chi connectivity index (χ4n) is 2.02. The van der Waals surface area contributed by atoms with Crippen molar-refractivity contribution < 1.29 is 13.3 Å². The zero-order chi connectivity index (χ0) is 15.2. The summed E-state index contributed by atoms with van der Waals surface area (Å²) in [7, 11) is 1.82. The fourth-order valence-corrected chi connectivity index (χ4v) is 2.02. The second kappa shape index (κ2) is 7.26. The third-order valence-electron chi connectivity index (χ3n) is 3.12. The SMILES string of the molecule is CCCCc1noc(CN(C)Cc2ccc(F)cc2F)n1. The van der Waals surface area contributed by atoms with Gasteiger partial charge < -0.3 is 4.52 Å². The minimum atomic E-state index is -0.573. The van der Waals surface area contributed by atoms with Crippen LogP contribution in [0.2, 0.25) is 0 Å². The van der Waals surface area contributed by atoms with Crippen LogP contribution in [0.15, 0.2) is 22.7 Å². The lowest BCUT2D eigenvalue weighted by Gasteiger charge is -2.14. The Morgan fingerprint density at radius 3 is 2.76 bits per heavy atom. The van der Waals surface area contributed by atoms with Crippen molar-refractivity contribution in [1.82, 2.24) is 15.0 Å². The molecule has 1 heterocycles. The lowest BCUT2D eigenvalue weighted by atomic mass is 10.2. The second-order valence-corrected chi connectivity index (χ2v) is 5.12. The molecule has 0 N–H and O–H groups in total. The minimum absolute atomic E-state index is 0.346. The van der Waals surface area contributed by atoms with Gasteiger partial charge in [0.05, 0.1) is 6.54 Å². The maximum Gasteiger partial charge on any atom is 0.240 e.